The van der Waals surface area contributed by atoms with Gasteiger partial charge in [-0.25, -0.2) is 0 Å². The van der Waals surface area contributed by atoms with Crippen molar-refractivity contribution < 1.29 is 14.6 Å². The Hall–Kier alpha value is -1.35. The number of Topliss-reactive ketones (excluding diaryl/α,β-unsaturated/α-hetero) is 1. The molecule has 5 rings (SSSR count). The van der Waals surface area contributed by atoms with Crippen LogP contribution in [-0.2, 0) is 16.6 Å². The molecular formula is C18H20O3. The molecule has 2 bridgehead atoms. The van der Waals surface area contributed by atoms with E-state index >= 15 is 0 Å². The summed E-state index contributed by atoms with van der Waals surface area (Å²) in [7, 11) is 0. The number of ketones is 1. The molecule has 0 radical (unpaired) electrons. The van der Waals surface area contributed by atoms with Gasteiger partial charge in [0.25, 0.3) is 0 Å². The maximum absolute atomic E-state index is 12.5. The van der Waals surface area contributed by atoms with Crippen molar-refractivity contribution in [1.82, 2.24) is 0 Å². The molecule has 110 valence electrons. The molecule has 3 aliphatic carbocycles. The van der Waals surface area contributed by atoms with Gasteiger partial charge >= 0.3 is 0 Å². The lowest BCUT2D eigenvalue weighted by molar-refractivity contribution is -0.177. The van der Waals surface area contributed by atoms with Crippen LogP contribution in [-0.4, -0.2) is 22.6 Å². The molecule has 4 atom stereocenters. The van der Waals surface area contributed by atoms with E-state index < -0.39 is 17.1 Å². The van der Waals surface area contributed by atoms with Gasteiger partial charge in [-0.15, -0.1) is 0 Å². The summed E-state index contributed by atoms with van der Waals surface area (Å²) in [6.45, 7) is 2.04. The van der Waals surface area contributed by atoms with E-state index in [1.165, 1.54) is 11.1 Å². The van der Waals surface area contributed by atoms with Gasteiger partial charge in [-0.05, 0) is 49.7 Å². The quantitative estimate of drug-likeness (QED) is 0.796. The summed E-state index contributed by atoms with van der Waals surface area (Å²) in [5.41, 5.74) is 2.38. The van der Waals surface area contributed by atoms with Crippen LogP contribution in [0.3, 0.4) is 0 Å². The van der Waals surface area contributed by atoms with E-state index in [1.54, 1.807) is 0 Å². The molecule has 21 heavy (non-hydrogen) atoms. The number of ether oxygens (including phenoxy) is 1. The van der Waals surface area contributed by atoms with Gasteiger partial charge in [0.2, 0.25) is 0 Å². The second-order valence-electron chi connectivity index (χ2n) is 7.40. The summed E-state index contributed by atoms with van der Waals surface area (Å²) in [5, 5.41) is 11.6. The van der Waals surface area contributed by atoms with Crippen LogP contribution in [0, 0.1) is 12.8 Å². The van der Waals surface area contributed by atoms with Gasteiger partial charge in [0.1, 0.15) is 5.75 Å². The first kappa shape index (κ1) is 12.2. The number of aliphatic hydroxyl groups is 1. The molecule has 1 aliphatic heterocycles. The molecular weight excluding hydrogens is 264 g/mol. The zero-order chi connectivity index (χ0) is 14.4. The Kier molecular flexibility index (Phi) is 2.05. The van der Waals surface area contributed by atoms with Crippen molar-refractivity contribution in [3.8, 4) is 5.75 Å². The Morgan fingerprint density at radius 1 is 1.33 bits per heavy atom. The lowest BCUT2D eigenvalue weighted by atomic mass is 9.45. The van der Waals surface area contributed by atoms with Crippen molar-refractivity contribution in [1.29, 1.82) is 0 Å². The summed E-state index contributed by atoms with van der Waals surface area (Å²) in [6, 6.07) is 4.30. The average molecular weight is 284 g/mol. The van der Waals surface area contributed by atoms with E-state index in [1.807, 2.05) is 6.92 Å². The molecule has 1 aromatic rings. The van der Waals surface area contributed by atoms with E-state index in [2.05, 4.69) is 12.1 Å². The third-order valence-electron chi connectivity index (χ3n) is 6.65. The van der Waals surface area contributed by atoms with E-state index in [0.717, 1.165) is 37.0 Å². The topological polar surface area (TPSA) is 46.5 Å². The number of carbonyl (C=O) groups is 1. The van der Waals surface area contributed by atoms with E-state index in [9.17, 15) is 9.90 Å². The Balaban J connectivity index is 1.89. The van der Waals surface area contributed by atoms with Gasteiger partial charge < -0.3 is 9.84 Å². The molecule has 3 nitrogen and oxygen atoms in total. The lowest BCUT2D eigenvalue weighted by Crippen LogP contribution is -2.69. The maximum atomic E-state index is 12.5. The molecule has 4 aliphatic rings. The van der Waals surface area contributed by atoms with Crippen molar-refractivity contribution in [3.63, 3.8) is 0 Å². The molecule has 2 saturated carbocycles. The van der Waals surface area contributed by atoms with Gasteiger partial charge in [0, 0.05) is 12.0 Å². The molecule has 3 heteroatoms. The third-order valence-corrected chi connectivity index (χ3v) is 6.65. The highest BCUT2D eigenvalue weighted by molar-refractivity contribution is 5.89. The largest absolute Gasteiger partial charge is 0.481 e. The minimum Gasteiger partial charge on any atom is -0.481 e. The lowest BCUT2D eigenvalue weighted by Gasteiger charge is -2.59. The highest BCUT2D eigenvalue weighted by Gasteiger charge is 2.71. The second-order valence-corrected chi connectivity index (χ2v) is 7.40. The molecule has 1 heterocycles. The average Bonchev–Trinajstić information content (AvgIpc) is 2.80. The fourth-order valence-electron chi connectivity index (χ4n) is 5.78. The van der Waals surface area contributed by atoms with Crippen molar-refractivity contribution in [3.05, 3.63) is 28.8 Å². The predicted octanol–water partition coefficient (Wildman–Crippen LogP) is 2.44. The number of rotatable bonds is 0. The number of aryl methyl sites for hydroxylation is 1. The molecule has 0 saturated heterocycles. The Labute approximate surface area is 124 Å². The summed E-state index contributed by atoms with van der Waals surface area (Å²) in [5.74, 6) is 1.36. The predicted molar refractivity (Wildman–Crippen MR) is 77.5 cm³/mol. The number of hydrogen-bond acceptors (Lipinski definition) is 3. The standard InChI is InChI=1S/C18H20O3/c1-10-4-5-11-9-12-3-2-7-17-14(11)15(10)21-16(17)13(19)6-8-18(12,17)20/h4-5,12,16,20H,2-3,6-9H2,1H3/t12-,16?,17+,18-/m1/s1. The second kappa shape index (κ2) is 3.52. The van der Waals surface area contributed by atoms with E-state index in [0.29, 0.717) is 12.8 Å². The van der Waals surface area contributed by atoms with Crippen LogP contribution in [0.1, 0.15) is 48.8 Å². The first-order valence-corrected chi connectivity index (χ1v) is 8.12. The first-order valence-electron chi connectivity index (χ1n) is 8.12. The Bertz CT molecular complexity index is 679. The number of benzene rings is 1. The van der Waals surface area contributed by atoms with Crippen LogP contribution in [0.5, 0.6) is 5.75 Å². The number of carbonyl (C=O) groups excluding carboxylic acids is 1. The fourth-order valence-corrected chi connectivity index (χ4v) is 5.78. The van der Waals surface area contributed by atoms with Gasteiger partial charge in [0.05, 0.1) is 11.0 Å². The smallest absolute Gasteiger partial charge is 0.174 e. The van der Waals surface area contributed by atoms with Crippen LogP contribution in [0.15, 0.2) is 12.1 Å². The summed E-state index contributed by atoms with van der Waals surface area (Å²) < 4.78 is 6.18. The SMILES string of the molecule is Cc1ccc2c3c1OC1C(=O)CC[C@@]4(O)[C@H](CCC[C@]314)C2. The van der Waals surface area contributed by atoms with Crippen LogP contribution in [0.2, 0.25) is 0 Å². The molecule has 0 aromatic heterocycles. The molecule has 0 amide bonds. The summed E-state index contributed by atoms with van der Waals surface area (Å²) in [6.07, 6.45) is 4.61. The monoisotopic (exact) mass is 284 g/mol. The molecule has 1 unspecified atom stereocenters. The van der Waals surface area contributed by atoms with Crippen LogP contribution in [0.25, 0.3) is 0 Å². The summed E-state index contributed by atoms with van der Waals surface area (Å²) >= 11 is 0. The normalized spacial score (nSPS) is 42.5. The van der Waals surface area contributed by atoms with Crippen molar-refractivity contribution in [2.75, 3.05) is 0 Å². The highest BCUT2D eigenvalue weighted by Crippen LogP contribution is 2.65. The third kappa shape index (κ3) is 1.13. The van der Waals surface area contributed by atoms with Gasteiger partial charge in [0.15, 0.2) is 11.9 Å². The maximum Gasteiger partial charge on any atom is 0.174 e. The zero-order valence-electron chi connectivity index (χ0n) is 12.3. The van der Waals surface area contributed by atoms with Crippen molar-refractivity contribution >= 4 is 5.78 Å². The van der Waals surface area contributed by atoms with Gasteiger partial charge in [-0.3, -0.25) is 4.79 Å². The van der Waals surface area contributed by atoms with Crippen LogP contribution < -0.4 is 4.74 Å². The van der Waals surface area contributed by atoms with E-state index in [4.69, 9.17) is 4.74 Å². The highest BCUT2D eigenvalue weighted by atomic mass is 16.5. The number of hydrogen-bond donors (Lipinski definition) is 1. The molecule has 2 fully saturated rings. The van der Waals surface area contributed by atoms with Gasteiger partial charge in [-0.1, -0.05) is 18.6 Å². The molecule has 1 N–H and O–H groups in total. The van der Waals surface area contributed by atoms with Crippen LogP contribution in [0.4, 0.5) is 0 Å². The van der Waals surface area contributed by atoms with Gasteiger partial charge in [-0.2, -0.15) is 0 Å². The summed E-state index contributed by atoms with van der Waals surface area (Å²) in [4.78, 5) is 12.5. The zero-order valence-corrected chi connectivity index (χ0v) is 12.3. The molecule has 1 spiro atoms. The van der Waals surface area contributed by atoms with Crippen molar-refractivity contribution in [2.24, 2.45) is 5.92 Å². The Morgan fingerprint density at radius 2 is 2.19 bits per heavy atom. The minimum atomic E-state index is -0.740. The minimum absolute atomic E-state index is 0.184. The van der Waals surface area contributed by atoms with Crippen LogP contribution >= 0.6 is 0 Å². The van der Waals surface area contributed by atoms with E-state index in [-0.39, 0.29) is 11.7 Å². The fraction of sp³-hybridized carbons (Fsp3) is 0.611. The first-order chi connectivity index (χ1) is 10.1. The van der Waals surface area contributed by atoms with Crippen molar-refractivity contribution in [2.45, 2.75) is 62.6 Å². The molecule has 1 aromatic carbocycles. The Morgan fingerprint density at radius 3 is 3.05 bits per heavy atom.